The molecule has 3 N–H and O–H groups in total. The Hall–Kier alpha value is -3.91. The van der Waals surface area contributed by atoms with Crippen LogP contribution in [-0.2, 0) is 14.1 Å². The van der Waals surface area contributed by atoms with Gasteiger partial charge in [0.25, 0.3) is 5.56 Å². The summed E-state index contributed by atoms with van der Waals surface area (Å²) in [6.07, 6.45) is 7.55. The molecule has 0 radical (unpaired) electrons. The van der Waals surface area contributed by atoms with E-state index < -0.39 is 0 Å². The smallest absolute Gasteiger partial charge is 0.250 e. The maximum absolute atomic E-state index is 12.1. The highest BCUT2D eigenvalue weighted by atomic mass is 16.1. The molecule has 4 aromatic rings. The summed E-state index contributed by atoms with van der Waals surface area (Å²) >= 11 is 0. The van der Waals surface area contributed by atoms with Gasteiger partial charge in [-0.05, 0) is 29.2 Å². The van der Waals surface area contributed by atoms with E-state index in [1.165, 1.54) is 5.56 Å². The van der Waals surface area contributed by atoms with E-state index in [2.05, 4.69) is 58.3 Å². The predicted molar refractivity (Wildman–Crippen MR) is 140 cm³/mol. The Balaban J connectivity index is 1.34. The molecule has 0 aliphatic carbocycles. The highest BCUT2D eigenvalue weighted by Crippen LogP contribution is 2.32. The molecule has 5 rings (SSSR count). The monoisotopic (exact) mass is 469 g/mol. The number of nitrogens with zero attached hydrogens (tertiary/aromatic N) is 4. The second-order valence-corrected chi connectivity index (χ2v) is 9.26. The number of fused-ring (bicyclic) bond motifs is 1. The average Bonchev–Trinajstić information content (AvgIpc) is 3.32. The van der Waals surface area contributed by atoms with Crippen molar-refractivity contribution in [1.82, 2.24) is 24.6 Å². The zero-order chi connectivity index (χ0) is 24.4. The van der Waals surface area contributed by atoms with Crippen LogP contribution in [0.5, 0.6) is 0 Å². The van der Waals surface area contributed by atoms with Gasteiger partial charge in [0.1, 0.15) is 5.82 Å². The zero-order valence-corrected chi connectivity index (χ0v) is 20.3. The Bertz CT molecular complexity index is 1360. The summed E-state index contributed by atoms with van der Waals surface area (Å²) in [4.78, 5) is 16.8. The van der Waals surface area contributed by atoms with Crippen molar-refractivity contribution in [2.45, 2.75) is 24.9 Å². The van der Waals surface area contributed by atoms with Gasteiger partial charge >= 0.3 is 0 Å². The number of nitrogens with one attached hydrogen (secondary N) is 3. The quantitative estimate of drug-likeness (QED) is 0.384. The Kier molecular flexibility index (Phi) is 6.37. The van der Waals surface area contributed by atoms with Gasteiger partial charge in [0.2, 0.25) is 0 Å². The SMILES string of the molecule is C[C@H](CN[C@H](c1ccccc1)[C@H]1CNc2cc(-c3cnn(C)c3)cnc2N1)c1ccn(C)c(=O)c1. The molecule has 8 heteroatoms. The fourth-order valence-electron chi connectivity index (χ4n) is 4.54. The molecule has 0 bridgehead atoms. The Morgan fingerprint density at radius 1 is 1.09 bits per heavy atom. The number of aromatic nitrogens is 4. The zero-order valence-electron chi connectivity index (χ0n) is 20.3. The largest absolute Gasteiger partial charge is 0.380 e. The van der Waals surface area contributed by atoms with Crippen LogP contribution in [0.15, 0.2) is 78.1 Å². The molecule has 0 spiro atoms. The molecule has 180 valence electrons. The average molecular weight is 470 g/mol. The van der Waals surface area contributed by atoms with Crippen LogP contribution in [0.25, 0.3) is 11.1 Å². The van der Waals surface area contributed by atoms with Crippen molar-refractivity contribution in [2.75, 3.05) is 23.7 Å². The van der Waals surface area contributed by atoms with Gasteiger partial charge < -0.3 is 20.5 Å². The lowest BCUT2D eigenvalue weighted by atomic mass is 9.95. The summed E-state index contributed by atoms with van der Waals surface area (Å²) in [6.45, 7) is 3.64. The van der Waals surface area contributed by atoms with Crippen molar-refractivity contribution in [2.24, 2.45) is 14.1 Å². The second kappa shape index (κ2) is 9.76. The van der Waals surface area contributed by atoms with E-state index in [-0.39, 0.29) is 23.6 Å². The second-order valence-electron chi connectivity index (χ2n) is 9.26. The summed E-state index contributed by atoms with van der Waals surface area (Å²) in [6, 6.07) is 16.5. The summed E-state index contributed by atoms with van der Waals surface area (Å²) < 4.78 is 3.39. The van der Waals surface area contributed by atoms with Gasteiger partial charge in [0.05, 0.1) is 24.0 Å². The molecule has 0 saturated carbocycles. The Morgan fingerprint density at radius 3 is 2.66 bits per heavy atom. The number of rotatable bonds is 7. The van der Waals surface area contributed by atoms with Gasteiger partial charge in [-0.15, -0.1) is 0 Å². The molecular weight excluding hydrogens is 438 g/mol. The summed E-state index contributed by atoms with van der Waals surface area (Å²) in [5.41, 5.74) is 5.32. The molecule has 1 aromatic carbocycles. The summed E-state index contributed by atoms with van der Waals surface area (Å²) in [5, 5.41) is 15.3. The first-order valence-electron chi connectivity index (χ1n) is 11.9. The van der Waals surface area contributed by atoms with Gasteiger partial charge in [-0.25, -0.2) is 4.98 Å². The number of anilines is 2. The molecule has 0 saturated heterocycles. The predicted octanol–water partition coefficient (Wildman–Crippen LogP) is 3.52. The van der Waals surface area contributed by atoms with E-state index >= 15 is 0 Å². The van der Waals surface area contributed by atoms with Crippen LogP contribution in [0.1, 0.15) is 30.0 Å². The molecule has 3 aromatic heterocycles. The van der Waals surface area contributed by atoms with E-state index in [1.807, 2.05) is 44.0 Å². The number of hydrogen-bond donors (Lipinski definition) is 3. The van der Waals surface area contributed by atoms with Gasteiger partial charge in [0.15, 0.2) is 0 Å². The van der Waals surface area contributed by atoms with Crippen LogP contribution < -0.4 is 21.5 Å². The molecule has 1 aliphatic rings. The fraction of sp³-hybridized carbons (Fsp3) is 0.296. The Morgan fingerprint density at radius 2 is 1.91 bits per heavy atom. The van der Waals surface area contributed by atoms with Gasteiger partial charge in [-0.1, -0.05) is 37.3 Å². The molecule has 0 fully saturated rings. The van der Waals surface area contributed by atoms with Gasteiger partial charge in [-0.2, -0.15) is 5.10 Å². The minimum Gasteiger partial charge on any atom is -0.380 e. The molecule has 0 unspecified atom stereocenters. The molecule has 4 heterocycles. The first-order valence-corrected chi connectivity index (χ1v) is 11.9. The number of benzene rings is 1. The van der Waals surface area contributed by atoms with Crippen LogP contribution in [0.4, 0.5) is 11.5 Å². The Labute approximate surface area is 205 Å². The van der Waals surface area contributed by atoms with Crippen molar-refractivity contribution in [1.29, 1.82) is 0 Å². The van der Waals surface area contributed by atoms with E-state index in [4.69, 9.17) is 4.98 Å². The third-order valence-corrected chi connectivity index (χ3v) is 6.66. The topological polar surface area (TPSA) is 88.8 Å². The van der Waals surface area contributed by atoms with E-state index in [9.17, 15) is 4.79 Å². The van der Waals surface area contributed by atoms with Crippen LogP contribution in [0.2, 0.25) is 0 Å². The van der Waals surface area contributed by atoms with Crippen molar-refractivity contribution in [3.8, 4) is 11.1 Å². The molecule has 0 amide bonds. The third-order valence-electron chi connectivity index (χ3n) is 6.66. The van der Waals surface area contributed by atoms with Crippen molar-refractivity contribution < 1.29 is 0 Å². The van der Waals surface area contributed by atoms with Gasteiger partial charge in [0, 0.05) is 63.0 Å². The highest BCUT2D eigenvalue weighted by Gasteiger charge is 2.28. The molecule has 35 heavy (non-hydrogen) atoms. The van der Waals surface area contributed by atoms with Crippen molar-refractivity contribution >= 4 is 11.5 Å². The molecule has 3 atom stereocenters. The first kappa shape index (κ1) is 22.9. The molecule has 8 nitrogen and oxygen atoms in total. The first-order chi connectivity index (χ1) is 17.0. The van der Waals surface area contributed by atoms with E-state index in [1.54, 1.807) is 22.4 Å². The number of pyridine rings is 2. The van der Waals surface area contributed by atoms with Crippen molar-refractivity contribution in [3.05, 3.63) is 94.8 Å². The highest BCUT2D eigenvalue weighted by molar-refractivity contribution is 5.75. The molecule has 1 aliphatic heterocycles. The lowest BCUT2D eigenvalue weighted by molar-refractivity contribution is 0.453. The fourth-order valence-corrected chi connectivity index (χ4v) is 4.54. The molecular formula is C27H31N7O. The van der Waals surface area contributed by atoms with Crippen LogP contribution in [0, 0.1) is 0 Å². The van der Waals surface area contributed by atoms with E-state index in [0.29, 0.717) is 0 Å². The van der Waals surface area contributed by atoms with Crippen molar-refractivity contribution in [3.63, 3.8) is 0 Å². The minimum atomic E-state index is 0.0143. The van der Waals surface area contributed by atoms with Crippen LogP contribution in [-0.4, -0.2) is 38.5 Å². The van der Waals surface area contributed by atoms with Crippen LogP contribution >= 0.6 is 0 Å². The van der Waals surface area contributed by atoms with Crippen LogP contribution in [0.3, 0.4) is 0 Å². The third kappa shape index (κ3) is 4.97. The number of aryl methyl sites for hydroxylation is 2. The lowest BCUT2D eigenvalue weighted by Gasteiger charge is -2.35. The minimum absolute atomic E-state index is 0.0143. The lowest BCUT2D eigenvalue weighted by Crippen LogP contribution is -2.45. The summed E-state index contributed by atoms with van der Waals surface area (Å²) in [5.74, 6) is 1.04. The number of hydrogen-bond acceptors (Lipinski definition) is 6. The summed E-state index contributed by atoms with van der Waals surface area (Å²) in [7, 11) is 3.68. The van der Waals surface area contributed by atoms with Gasteiger partial charge in [-0.3, -0.25) is 9.48 Å². The maximum atomic E-state index is 12.1. The maximum Gasteiger partial charge on any atom is 0.250 e. The normalized spacial score (nSPS) is 16.6. The van der Waals surface area contributed by atoms with E-state index in [0.717, 1.165) is 41.3 Å². The standard InChI is InChI=1S/C27H31N7O/c1-18(20-9-10-33(2)25(35)12-20)13-29-26(19-7-5-4-6-8-19)24-16-28-23-11-21(14-30-27(23)32-24)22-15-31-34(3)17-22/h4-12,14-15,17-18,24,26,28-29H,13,16H2,1-3H3,(H,30,32)/t18-,24-,26-/m1/s1.